The number of hydrogen-bond acceptors (Lipinski definition) is 1. The molecule has 20 heavy (non-hydrogen) atoms. The van der Waals surface area contributed by atoms with E-state index >= 15 is 0 Å². The van der Waals surface area contributed by atoms with Gasteiger partial charge < -0.3 is 4.98 Å². The predicted molar refractivity (Wildman–Crippen MR) is 80.6 cm³/mol. The average molecular weight is 332 g/mol. The van der Waals surface area contributed by atoms with Crippen LogP contribution in [0.25, 0.3) is 10.9 Å². The summed E-state index contributed by atoms with van der Waals surface area (Å²) in [4.78, 5) is 15.6. The molecule has 0 amide bonds. The number of nitrogens with one attached hydrogen (secondary N) is 1. The Hall–Kier alpha value is -1.94. The summed E-state index contributed by atoms with van der Waals surface area (Å²) in [6.07, 6.45) is 1.63. The molecule has 3 rings (SSSR count). The molecule has 0 aliphatic carbocycles. The summed E-state index contributed by atoms with van der Waals surface area (Å²) in [6, 6.07) is 10.2. The quantitative estimate of drug-likeness (QED) is 0.683. The molecule has 1 N–H and O–H groups in total. The van der Waals surface area contributed by atoms with Crippen LogP contribution in [0.15, 0.2) is 47.1 Å². The highest BCUT2D eigenvalue weighted by molar-refractivity contribution is 9.10. The van der Waals surface area contributed by atoms with Crippen molar-refractivity contribution in [1.29, 1.82) is 0 Å². The molecule has 0 radical (unpaired) electrons. The summed E-state index contributed by atoms with van der Waals surface area (Å²) in [5.74, 6) is -0.833. The first-order chi connectivity index (χ1) is 9.56. The van der Waals surface area contributed by atoms with Gasteiger partial charge in [0.25, 0.3) is 0 Å². The highest BCUT2D eigenvalue weighted by Gasteiger charge is 2.18. The fourth-order valence-corrected chi connectivity index (χ4v) is 2.60. The van der Waals surface area contributed by atoms with Crippen LogP contribution in [-0.2, 0) is 0 Å². The van der Waals surface area contributed by atoms with Crippen molar-refractivity contribution < 1.29 is 9.18 Å². The van der Waals surface area contributed by atoms with Gasteiger partial charge in [-0.05, 0) is 37.3 Å². The van der Waals surface area contributed by atoms with E-state index in [2.05, 4.69) is 20.9 Å². The van der Waals surface area contributed by atoms with Crippen molar-refractivity contribution in [1.82, 2.24) is 4.98 Å². The normalized spacial score (nSPS) is 10.9. The number of H-pyrrole nitrogens is 1. The molecule has 1 aromatic heterocycles. The molecule has 0 spiro atoms. The molecule has 100 valence electrons. The fraction of sp³-hybridized carbons (Fsp3) is 0.0625. The summed E-state index contributed by atoms with van der Waals surface area (Å²) in [5, 5.41) is 0.814. The Kier molecular flexibility index (Phi) is 3.18. The van der Waals surface area contributed by atoms with E-state index in [4.69, 9.17) is 0 Å². The van der Waals surface area contributed by atoms with Crippen LogP contribution < -0.4 is 0 Å². The van der Waals surface area contributed by atoms with Crippen molar-refractivity contribution in [3.8, 4) is 0 Å². The van der Waals surface area contributed by atoms with Crippen LogP contribution in [0, 0.1) is 12.7 Å². The molecule has 0 fully saturated rings. The second kappa shape index (κ2) is 4.87. The largest absolute Gasteiger partial charge is 0.360 e. The number of benzene rings is 2. The number of halogens is 2. The van der Waals surface area contributed by atoms with Gasteiger partial charge in [-0.2, -0.15) is 0 Å². The Morgan fingerprint density at radius 2 is 1.95 bits per heavy atom. The van der Waals surface area contributed by atoms with Crippen LogP contribution in [0.5, 0.6) is 0 Å². The average Bonchev–Trinajstić information content (AvgIpc) is 2.83. The molecule has 0 aliphatic heterocycles. The summed E-state index contributed by atoms with van der Waals surface area (Å²) in [5.41, 5.74) is 2.48. The Labute approximate surface area is 123 Å². The number of carbonyl (C=O) groups is 1. The highest BCUT2D eigenvalue weighted by atomic mass is 79.9. The lowest BCUT2D eigenvalue weighted by atomic mass is 10.0. The first kappa shape index (κ1) is 13.1. The van der Waals surface area contributed by atoms with Crippen LogP contribution in [0.3, 0.4) is 0 Å². The van der Waals surface area contributed by atoms with Crippen LogP contribution in [0.4, 0.5) is 4.39 Å². The fourth-order valence-electron chi connectivity index (χ4n) is 2.24. The predicted octanol–water partition coefficient (Wildman–Crippen LogP) is 4.61. The van der Waals surface area contributed by atoms with Crippen molar-refractivity contribution in [2.45, 2.75) is 6.92 Å². The first-order valence-corrected chi connectivity index (χ1v) is 6.93. The van der Waals surface area contributed by atoms with E-state index in [1.54, 1.807) is 12.3 Å². The van der Waals surface area contributed by atoms with E-state index in [9.17, 15) is 9.18 Å². The van der Waals surface area contributed by atoms with Crippen molar-refractivity contribution in [2.75, 3.05) is 0 Å². The topological polar surface area (TPSA) is 32.9 Å². The number of hydrogen-bond donors (Lipinski definition) is 1. The van der Waals surface area contributed by atoms with E-state index in [0.29, 0.717) is 10.0 Å². The molecule has 1 heterocycles. The summed E-state index contributed by atoms with van der Waals surface area (Å²) >= 11 is 3.26. The van der Waals surface area contributed by atoms with Gasteiger partial charge in [0, 0.05) is 27.1 Å². The summed E-state index contributed by atoms with van der Waals surface area (Å²) in [6.45, 7) is 1.96. The molecule has 0 aliphatic rings. The molecule has 0 saturated carbocycles. The first-order valence-electron chi connectivity index (χ1n) is 6.14. The second-order valence-electron chi connectivity index (χ2n) is 4.70. The van der Waals surface area contributed by atoms with E-state index < -0.39 is 5.82 Å². The molecular weight excluding hydrogens is 321 g/mol. The number of ketones is 1. The zero-order valence-corrected chi connectivity index (χ0v) is 12.3. The third-order valence-corrected chi connectivity index (χ3v) is 3.75. The zero-order valence-electron chi connectivity index (χ0n) is 10.7. The molecule has 0 saturated heterocycles. The second-order valence-corrected chi connectivity index (χ2v) is 5.62. The lowest BCUT2D eigenvalue weighted by Gasteiger charge is -2.03. The minimum atomic E-state index is -0.514. The third-order valence-electron chi connectivity index (χ3n) is 3.25. The molecular formula is C16H11BrFNO. The Bertz CT molecular complexity index is 822. The minimum Gasteiger partial charge on any atom is -0.360 e. The molecule has 3 aromatic rings. The van der Waals surface area contributed by atoms with Crippen molar-refractivity contribution in [2.24, 2.45) is 0 Å². The third kappa shape index (κ3) is 2.16. The molecule has 0 atom stereocenters. The number of fused-ring (bicyclic) bond motifs is 1. The van der Waals surface area contributed by atoms with Gasteiger partial charge in [-0.25, -0.2) is 4.39 Å². The van der Waals surface area contributed by atoms with Crippen molar-refractivity contribution in [3.63, 3.8) is 0 Å². The maximum absolute atomic E-state index is 13.8. The van der Waals surface area contributed by atoms with Gasteiger partial charge in [-0.1, -0.05) is 27.6 Å². The molecule has 0 unspecified atom stereocenters. The molecule has 4 heteroatoms. The van der Waals surface area contributed by atoms with Crippen LogP contribution in [0.2, 0.25) is 0 Å². The summed E-state index contributed by atoms with van der Waals surface area (Å²) in [7, 11) is 0. The van der Waals surface area contributed by atoms with Crippen LogP contribution in [-0.4, -0.2) is 10.8 Å². The summed E-state index contributed by atoms with van der Waals surface area (Å²) < 4.78 is 14.5. The minimum absolute atomic E-state index is 0.0711. The monoisotopic (exact) mass is 331 g/mol. The smallest absolute Gasteiger partial charge is 0.198 e. The van der Waals surface area contributed by atoms with Gasteiger partial charge in [0.1, 0.15) is 5.82 Å². The Morgan fingerprint density at radius 3 is 2.75 bits per heavy atom. The number of carbonyl (C=O) groups excluding carboxylic acids is 1. The lowest BCUT2D eigenvalue weighted by Crippen LogP contribution is -2.03. The Balaban J connectivity index is 2.17. The van der Waals surface area contributed by atoms with Gasteiger partial charge in [0.05, 0.1) is 5.56 Å². The van der Waals surface area contributed by atoms with Gasteiger partial charge >= 0.3 is 0 Å². The van der Waals surface area contributed by atoms with Crippen LogP contribution >= 0.6 is 15.9 Å². The SMILES string of the molecule is Cc1ccc2[nH]cc(C(=O)c3cc(Br)ccc3F)c2c1. The standard InChI is InChI=1S/C16H11BrFNO/c1-9-2-5-15-11(6-9)13(8-19-15)16(20)12-7-10(17)3-4-14(12)18/h2-8,19H,1H3. The maximum atomic E-state index is 13.8. The van der Waals surface area contributed by atoms with Crippen molar-refractivity contribution >= 4 is 32.6 Å². The Morgan fingerprint density at radius 1 is 1.15 bits per heavy atom. The van der Waals surface area contributed by atoms with Crippen molar-refractivity contribution in [3.05, 3.63) is 69.6 Å². The molecule has 2 aromatic carbocycles. The molecule has 0 bridgehead atoms. The zero-order chi connectivity index (χ0) is 14.3. The van der Waals surface area contributed by atoms with E-state index in [-0.39, 0.29) is 11.3 Å². The number of aromatic amines is 1. The number of rotatable bonds is 2. The lowest BCUT2D eigenvalue weighted by molar-refractivity contribution is 0.103. The highest BCUT2D eigenvalue weighted by Crippen LogP contribution is 2.24. The number of aromatic nitrogens is 1. The van der Waals surface area contributed by atoms with E-state index in [1.165, 1.54) is 12.1 Å². The molecule has 2 nitrogen and oxygen atoms in total. The van der Waals surface area contributed by atoms with Gasteiger partial charge in [-0.15, -0.1) is 0 Å². The van der Waals surface area contributed by atoms with Gasteiger partial charge in [0.15, 0.2) is 5.78 Å². The van der Waals surface area contributed by atoms with Gasteiger partial charge in [0.2, 0.25) is 0 Å². The van der Waals surface area contributed by atoms with E-state index in [0.717, 1.165) is 16.5 Å². The van der Waals surface area contributed by atoms with Crippen LogP contribution in [0.1, 0.15) is 21.5 Å². The van der Waals surface area contributed by atoms with Gasteiger partial charge in [-0.3, -0.25) is 4.79 Å². The number of aryl methyl sites for hydroxylation is 1. The van der Waals surface area contributed by atoms with E-state index in [1.807, 2.05) is 25.1 Å². The maximum Gasteiger partial charge on any atom is 0.198 e.